The highest BCUT2D eigenvalue weighted by atomic mass is 35.5. The van der Waals surface area contributed by atoms with Crippen LogP contribution in [0.2, 0.25) is 10.0 Å². The highest BCUT2D eigenvalue weighted by Gasteiger charge is 2.33. The first-order chi connectivity index (χ1) is 18.9. The molecule has 0 heterocycles. The second-order valence-corrected chi connectivity index (χ2v) is 12.9. The third-order valence-corrected chi connectivity index (χ3v) is 8.20. The number of hydrogen-bond donors (Lipinski definition) is 1. The molecule has 1 N–H and O–H groups in total. The molecular weight excluding hydrogens is 569 g/mol. The molecule has 214 valence electrons. The smallest absolute Gasteiger partial charge is 0.244 e. The zero-order chi connectivity index (χ0) is 29.4. The van der Waals surface area contributed by atoms with Gasteiger partial charge in [0.05, 0.1) is 11.9 Å². The van der Waals surface area contributed by atoms with E-state index in [1.165, 1.54) is 4.90 Å². The summed E-state index contributed by atoms with van der Waals surface area (Å²) >= 11 is 12.4. The van der Waals surface area contributed by atoms with Crippen molar-refractivity contribution in [3.8, 4) is 0 Å². The van der Waals surface area contributed by atoms with Gasteiger partial charge in [-0.25, -0.2) is 8.42 Å². The Labute approximate surface area is 247 Å². The first-order valence-electron chi connectivity index (χ1n) is 12.9. The number of benzene rings is 3. The van der Waals surface area contributed by atoms with Crippen LogP contribution in [0.4, 0.5) is 5.69 Å². The van der Waals surface area contributed by atoms with Crippen LogP contribution >= 0.6 is 23.2 Å². The Balaban J connectivity index is 2.07. The molecule has 3 aromatic rings. The lowest BCUT2D eigenvalue weighted by atomic mass is 10.0. The number of nitrogens with zero attached hydrogens (tertiary/aromatic N) is 2. The second kappa shape index (κ2) is 14.0. The van der Waals surface area contributed by atoms with Crippen LogP contribution in [-0.4, -0.2) is 50.5 Å². The summed E-state index contributed by atoms with van der Waals surface area (Å²) in [6.45, 7) is 5.68. The molecule has 0 bridgehead atoms. The Morgan fingerprint density at radius 1 is 0.900 bits per heavy atom. The first-order valence-corrected chi connectivity index (χ1v) is 15.6. The fourth-order valence-corrected chi connectivity index (χ4v) is 5.42. The maximum atomic E-state index is 14.1. The van der Waals surface area contributed by atoms with Crippen LogP contribution in [0.15, 0.2) is 72.8 Å². The zero-order valence-corrected chi connectivity index (χ0v) is 25.4. The lowest BCUT2D eigenvalue weighted by molar-refractivity contribution is -0.140. The van der Waals surface area contributed by atoms with Crippen LogP contribution in [0.25, 0.3) is 0 Å². The van der Waals surface area contributed by atoms with E-state index in [0.29, 0.717) is 27.8 Å². The minimum absolute atomic E-state index is 0.0781. The summed E-state index contributed by atoms with van der Waals surface area (Å²) in [5.41, 5.74) is 2.45. The molecule has 0 aromatic heterocycles. The number of amides is 2. The van der Waals surface area contributed by atoms with Crippen LogP contribution < -0.4 is 9.62 Å². The van der Waals surface area contributed by atoms with Gasteiger partial charge in [0.25, 0.3) is 0 Å². The Hall–Kier alpha value is -3.07. The van der Waals surface area contributed by atoms with Gasteiger partial charge in [-0.1, -0.05) is 85.6 Å². The summed E-state index contributed by atoms with van der Waals surface area (Å²) < 4.78 is 26.9. The summed E-state index contributed by atoms with van der Waals surface area (Å²) in [6.07, 6.45) is 1.29. The lowest BCUT2D eigenvalue weighted by Gasteiger charge is -2.34. The van der Waals surface area contributed by atoms with Crippen molar-refractivity contribution < 1.29 is 18.0 Å². The van der Waals surface area contributed by atoms with Gasteiger partial charge in [-0.3, -0.25) is 13.9 Å². The SMILES string of the molecule is Cc1c(Cl)cccc1N(CC(=O)N(Cc1ccc(Cl)cc1)C(Cc1ccccc1)C(=O)NCC(C)C)S(C)(=O)=O. The van der Waals surface area contributed by atoms with Crippen molar-refractivity contribution in [3.63, 3.8) is 0 Å². The van der Waals surface area contributed by atoms with Crippen LogP contribution in [0.3, 0.4) is 0 Å². The molecule has 40 heavy (non-hydrogen) atoms. The fraction of sp³-hybridized carbons (Fsp3) is 0.333. The van der Waals surface area contributed by atoms with E-state index < -0.39 is 28.5 Å². The highest BCUT2D eigenvalue weighted by Crippen LogP contribution is 2.28. The number of rotatable bonds is 12. The zero-order valence-electron chi connectivity index (χ0n) is 23.1. The van der Waals surface area contributed by atoms with E-state index in [1.54, 1.807) is 49.4 Å². The third kappa shape index (κ3) is 8.71. The molecule has 0 aliphatic carbocycles. The van der Waals surface area contributed by atoms with Gasteiger partial charge in [0.1, 0.15) is 12.6 Å². The van der Waals surface area contributed by atoms with Crippen LogP contribution in [0.5, 0.6) is 0 Å². The van der Waals surface area contributed by atoms with Crippen LogP contribution in [-0.2, 0) is 32.6 Å². The minimum atomic E-state index is -3.88. The van der Waals surface area contributed by atoms with Crippen molar-refractivity contribution in [2.24, 2.45) is 5.92 Å². The predicted octanol–water partition coefficient (Wildman–Crippen LogP) is 5.48. The molecule has 0 aliphatic rings. The van der Waals surface area contributed by atoms with Crippen molar-refractivity contribution in [1.29, 1.82) is 0 Å². The van der Waals surface area contributed by atoms with E-state index >= 15 is 0 Å². The Bertz CT molecular complexity index is 1410. The number of carbonyl (C=O) groups excluding carboxylic acids is 2. The average molecular weight is 605 g/mol. The van der Waals surface area contributed by atoms with E-state index in [1.807, 2.05) is 44.2 Å². The van der Waals surface area contributed by atoms with Crippen molar-refractivity contribution >= 4 is 50.7 Å². The summed E-state index contributed by atoms with van der Waals surface area (Å²) in [6, 6.07) is 20.4. The maximum Gasteiger partial charge on any atom is 0.244 e. The molecule has 0 spiro atoms. The molecule has 0 radical (unpaired) electrons. The van der Waals surface area contributed by atoms with Crippen LogP contribution in [0.1, 0.15) is 30.5 Å². The Morgan fingerprint density at radius 2 is 1.55 bits per heavy atom. The molecular formula is C30H35Cl2N3O4S. The molecule has 0 fully saturated rings. The molecule has 1 atom stereocenters. The number of anilines is 1. The highest BCUT2D eigenvalue weighted by molar-refractivity contribution is 7.92. The molecule has 0 saturated carbocycles. The van der Waals surface area contributed by atoms with Crippen molar-refractivity contribution in [2.75, 3.05) is 23.7 Å². The molecule has 0 saturated heterocycles. The van der Waals surface area contributed by atoms with Gasteiger partial charge in [0, 0.05) is 29.6 Å². The fourth-order valence-electron chi connectivity index (χ4n) is 4.22. The number of halogens is 2. The Morgan fingerprint density at radius 3 is 2.15 bits per heavy atom. The summed E-state index contributed by atoms with van der Waals surface area (Å²) in [7, 11) is -3.88. The van der Waals surface area contributed by atoms with Crippen LogP contribution in [0, 0.1) is 12.8 Å². The van der Waals surface area contributed by atoms with E-state index in [9.17, 15) is 18.0 Å². The predicted molar refractivity (Wildman–Crippen MR) is 162 cm³/mol. The summed E-state index contributed by atoms with van der Waals surface area (Å²) in [5.74, 6) is -0.640. The number of nitrogens with one attached hydrogen (secondary N) is 1. The third-order valence-electron chi connectivity index (χ3n) is 6.41. The van der Waals surface area contributed by atoms with E-state index in [4.69, 9.17) is 23.2 Å². The molecule has 7 nitrogen and oxygen atoms in total. The number of hydrogen-bond acceptors (Lipinski definition) is 4. The quantitative estimate of drug-likeness (QED) is 0.297. The van der Waals surface area contributed by atoms with Gasteiger partial charge in [-0.05, 0) is 53.8 Å². The topological polar surface area (TPSA) is 86.8 Å². The van der Waals surface area contributed by atoms with Gasteiger partial charge in [-0.15, -0.1) is 0 Å². The largest absolute Gasteiger partial charge is 0.354 e. The van der Waals surface area contributed by atoms with Crippen molar-refractivity contribution in [1.82, 2.24) is 10.2 Å². The van der Waals surface area contributed by atoms with Gasteiger partial charge in [0.2, 0.25) is 21.8 Å². The molecule has 10 heteroatoms. The Kier molecular flexibility index (Phi) is 11.0. The van der Waals surface area contributed by atoms with E-state index in [-0.39, 0.29) is 24.8 Å². The summed E-state index contributed by atoms with van der Waals surface area (Å²) in [4.78, 5) is 29.2. The molecule has 2 amide bonds. The molecule has 3 rings (SSSR count). The van der Waals surface area contributed by atoms with Gasteiger partial charge < -0.3 is 10.2 Å². The van der Waals surface area contributed by atoms with Gasteiger partial charge in [-0.2, -0.15) is 0 Å². The van der Waals surface area contributed by atoms with Gasteiger partial charge >= 0.3 is 0 Å². The second-order valence-electron chi connectivity index (χ2n) is 10.1. The van der Waals surface area contributed by atoms with E-state index in [2.05, 4.69) is 5.32 Å². The number of sulfonamides is 1. The molecule has 1 unspecified atom stereocenters. The molecule has 0 aliphatic heterocycles. The lowest BCUT2D eigenvalue weighted by Crippen LogP contribution is -2.53. The molecule has 3 aromatic carbocycles. The first kappa shape index (κ1) is 31.5. The standard InChI is InChI=1S/C30H35Cl2N3O4S/c1-21(2)18-33-30(37)28(17-23-9-6-5-7-10-23)34(19-24-13-15-25(31)16-14-24)29(36)20-35(40(4,38)39)27-12-8-11-26(32)22(27)3/h5-16,21,28H,17-20H2,1-4H3,(H,33,37). The average Bonchev–Trinajstić information content (AvgIpc) is 2.90. The van der Waals surface area contributed by atoms with Crippen molar-refractivity contribution in [2.45, 2.75) is 39.8 Å². The van der Waals surface area contributed by atoms with E-state index in [0.717, 1.165) is 21.7 Å². The minimum Gasteiger partial charge on any atom is -0.354 e. The number of carbonyl (C=O) groups is 2. The summed E-state index contributed by atoms with van der Waals surface area (Å²) in [5, 5.41) is 3.88. The maximum absolute atomic E-state index is 14.1. The van der Waals surface area contributed by atoms with Gasteiger partial charge in [0.15, 0.2) is 0 Å². The van der Waals surface area contributed by atoms with Crippen molar-refractivity contribution in [3.05, 3.63) is 99.5 Å². The monoisotopic (exact) mass is 603 g/mol. The normalized spacial score (nSPS) is 12.2.